The highest BCUT2D eigenvalue weighted by atomic mass is 16.5. The van der Waals surface area contributed by atoms with Crippen LogP contribution in [-0.2, 0) is 5.21 Å². The Kier molecular flexibility index (Phi) is 4.52. The minimum absolute atomic E-state index is 0.242. The highest BCUT2D eigenvalue weighted by Gasteiger charge is 2.50. The zero-order chi connectivity index (χ0) is 14.2. The van der Waals surface area contributed by atoms with Crippen molar-refractivity contribution in [1.29, 1.82) is 0 Å². The molecule has 0 saturated carbocycles. The van der Waals surface area contributed by atoms with E-state index in [0.717, 1.165) is 17.3 Å². The van der Waals surface area contributed by atoms with Crippen LogP contribution in [0.2, 0.25) is 0 Å². The standard InChI is InChI=1S/C15H32N2O/c1-8-9-10-17(6,7)13-11-14(2,3)16(18)15(4,5)12-13/h13H,8-12H2,1-7H3/q+1. The van der Waals surface area contributed by atoms with Gasteiger partial charge in [-0.05, 0) is 34.1 Å². The fourth-order valence-corrected chi connectivity index (χ4v) is 3.45. The van der Waals surface area contributed by atoms with E-state index in [9.17, 15) is 5.21 Å². The van der Waals surface area contributed by atoms with Crippen molar-refractivity contribution >= 4 is 0 Å². The van der Waals surface area contributed by atoms with Gasteiger partial charge in [0.15, 0.2) is 0 Å². The Labute approximate surface area is 113 Å². The molecule has 0 aromatic carbocycles. The van der Waals surface area contributed by atoms with Gasteiger partial charge in [0, 0.05) is 23.9 Å². The lowest BCUT2D eigenvalue weighted by Crippen LogP contribution is -2.65. The molecule has 3 heteroatoms. The number of quaternary nitrogens is 1. The van der Waals surface area contributed by atoms with Gasteiger partial charge in [-0.1, -0.05) is 13.3 Å². The molecule has 1 aliphatic heterocycles. The van der Waals surface area contributed by atoms with Gasteiger partial charge in [-0.2, -0.15) is 0 Å². The van der Waals surface area contributed by atoms with Crippen LogP contribution in [0, 0.1) is 0 Å². The summed E-state index contributed by atoms with van der Waals surface area (Å²) in [5.41, 5.74) is -0.484. The van der Waals surface area contributed by atoms with Crippen molar-refractivity contribution in [3.05, 3.63) is 0 Å². The van der Waals surface area contributed by atoms with Crippen molar-refractivity contribution in [1.82, 2.24) is 5.06 Å². The van der Waals surface area contributed by atoms with E-state index in [1.165, 1.54) is 24.4 Å². The van der Waals surface area contributed by atoms with Gasteiger partial charge in [-0.25, -0.2) is 0 Å². The average molecular weight is 256 g/mol. The fourth-order valence-electron chi connectivity index (χ4n) is 3.45. The molecule has 0 atom stereocenters. The molecule has 3 nitrogen and oxygen atoms in total. The lowest BCUT2D eigenvalue weighted by atomic mass is 9.77. The minimum atomic E-state index is -0.242. The van der Waals surface area contributed by atoms with Crippen LogP contribution < -0.4 is 0 Å². The van der Waals surface area contributed by atoms with E-state index >= 15 is 0 Å². The predicted molar refractivity (Wildman–Crippen MR) is 75.6 cm³/mol. The first-order chi connectivity index (χ1) is 8.03. The van der Waals surface area contributed by atoms with Crippen molar-refractivity contribution in [3.63, 3.8) is 0 Å². The number of hydrogen-bond donors (Lipinski definition) is 0. The maximum atomic E-state index is 12.4. The minimum Gasteiger partial charge on any atom is -0.326 e. The van der Waals surface area contributed by atoms with Crippen molar-refractivity contribution in [2.45, 2.75) is 77.4 Å². The molecule has 1 radical (unpaired) electrons. The molecule has 0 aromatic rings. The molecule has 107 valence electrons. The quantitative estimate of drug-likeness (QED) is 0.708. The summed E-state index contributed by atoms with van der Waals surface area (Å²) in [7, 11) is 4.65. The average Bonchev–Trinajstić information content (AvgIpc) is 2.22. The first-order valence-corrected chi connectivity index (χ1v) is 7.33. The summed E-state index contributed by atoms with van der Waals surface area (Å²) >= 11 is 0. The second-order valence-electron chi connectivity index (χ2n) is 7.84. The molecule has 0 aliphatic carbocycles. The maximum absolute atomic E-state index is 12.4. The Morgan fingerprint density at radius 2 is 1.56 bits per heavy atom. The van der Waals surface area contributed by atoms with Crippen LogP contribution >= 0.6 is 0 Å². The molecule has 0 bridgehead atoms. The van der Waals surface area contributed by atoms with Crippen LogP contribution in [0.1, 0.15) is 60.3 Å². The normalized spacial score (nSPS) is 25.3. The summed E-state index contributed by atoms with van der Waals surface area (Å²) in [5.74, 6) is 0. The number of rotatable bonds is 4. The van der Waals surface area contributed by atoms with Crippen molar-refractivity contribution in [2.75, 3.05) is 20.6 Å². The molecular weight excluding hydrogens is 224 g/mol. The number of hydroxylamine groups is 2. The van der Waals surface area contributed by atoms with Gasteiger partial charge in [0.2, 0.25) is 0 Å². The Bertz CT molecular complexity index is 266. The van der Waals surface area contributed by atoms with Gasteiger partial charge in [0.25, 0.3) is 0 Å². The third-order valence-corrected chi connectivity index (χ3v) is 4.65. The van der Waals surface area contributed by atoms with Crippen LogP contribution in [0.15, 0.2) is 0 Å². The van der Waals surface area contributed by atoms with Crippen molar-refractivity contribution in [3.8, 4) is 0 Å². The molecule has 1 fully saturated rings. The largest absolute Gasteiger partial charge is 0.326 e. The lowest BCUT2D eigenvalue weighted by Gasteiger charge is -2.53. The van der Waals surface area contributed by atoms with Gasteiger partial charge in [-0.3, -0.25) is 0 Å². The summed E-state index contributed by atoms with van der Waals surface area (Å²) in [6, 6.07) is 0.590. The maximum Gasteiger partial charge on any atom is 0.0923 e. The second kappa shape index (κ2) is 5.10. The van der Waals surface area contributed by atoms with E-state index in [0.29, 0.717) is 6.04 Å². The van der Waals surface area contributed by atoms with Gasteiger partial charge in [0.05, 0.1) is 26.7 Å². The first-order valence-electron chi connectivity index (χ1n) is 7.33. The molecule has 0 aromatic heterocycles. The van der Waals surface area contributed by atoms with E-state index in [1.807, 2.05) is 0 Å². The third kappa shape index (κ3) is 3.25. The summed E-state index contributed by atoms with van der Waals surface area (Å²) in [4.78, 5) is 0. The summed E-state index contributed by atoms with van der Waals surface area (Å²) in [6.45, 7) is 11.8. The molecule has 0 amide bonds. The van der Waals surface area contributed by atoms with Crippen LogP contribution in [0.4, 0.5) is 0 Å². The topological polar surface area (TPSA) is 23.1 Å². The number of unbranched alkanes of at least 4 members (excludes halogenated alkanes) is 1. The van der Waals surface area contributed by atoms with E-state index < -0.39 is 0 Å². The van der Waals surface area contributed by atoms with Crippen molar-refractivity contribution in [2.24, 2.45) is 0 Å². The zero-order valence-electron chi connectivity index (χ0n) is 13.4. The molecule has 0 spiro atoms. The molecular formula is C15H32N2O+. The highest BCUT2D eigenvalue weighted by Crippen LogP contribution is 2.40. The Morgan fingerprint density at radius 1 is 1.11 bits per heavy atom. The Hall–Kier alpha value is -0.120. The number of piperidine rings is 1. The zero-order valence-corrected chi connectivity index (χ0v) is 13.4. The van der Waals surface area contributed by atoms with Gasteiger partial charge in [-0.15, -0.1) is 10.3 Å². The molecule has 18 heavy (non-hydrogen) atoms. The van der Waals surface area contributed by atoms with Crippen LogP contribution in [0.5, 0.6) is 0 Å². The summed E-state index contributed by atoms with van der Waals surface area (Å²) < 4.78 is 1.05. The number of hydrogen-bond acceptors (Lipinski definition) is 1. The summed E-state index contributed by atoms with van der Waals surface area (Å²) in [6.07, 6.45) is 4.51. The van der Waals surface area contributed by atoms with E-state index in [1.54, 1.807) is 0 Å². The van der Waals surface area contributed by atoms with Crippen molar-refractivity contribution < 1.29 is 9.69 Å². The van der Waals surface area contributed by atoms with Crippen LogP contribution in [-0.4, -0.2) is 47.3 Å². The van der Waals surface area contributed by atoms with Crippen LogP contribution in [0.25, 0.3) is 0 Å². The lowest BCUT2D eigenvalue weighted by molar-refractivity contribution is -0.918. The first kappa shape index (κ1) is 15.9. The van der Waals surface area contributed by atoms with Gasteiger partial charge in [0.1, 0.15) is 0 Å². The molecule has 0 N–H and O–H groups in total. The molecule has 0 unspecified atom stereocenters. The predicted octanol–water partition coefficient (Wildman–Crippen LogP) is 3.23. The van der Waals surface area contributed by atoms with Gasteiger partial charge >= 0.3 is 0 Å². The van der Waals surface area contributed by atoms with E-state index in [-0.39, 0.29) is 11.1 Å². The number of nitrogens with zero attached hydrogens (tertiary/aromatic N) is 2. The van der Waals surface area contributed by atoms with Gasteiger partial charge < -0.3 is 4.48 Å². The Morgan fingerprint density at radius 3 is 1.94 bits per heavy atom. The molecule has 1 saturated heterocycles. The fraction of sp³-hybridized carbons (Fsp3) is 1.00. The molecule has 1 rings (SSSR count). The molecule has 1 aliphatic rings. The third-order valence-electron chi connectivity index (χ3n) is 4.65. The highest BCUT2D eigenvalue weighted by molar-refractivity contribution is 4.96. The van der Waals surface area contributed by atoms with E-state index in [4.69, 9.17) is 0 Å². The van der Waals surface area contributed by atoms with Crippen LogP contribution in [0.3, 0.4) is 0 Å². The smallest absolute Gasteiger partial charge is 0.0923 e. The molecule has 1 heterocycles. The second-order valence-corrected chi connectivity index (χ2v) is 7.84. The SMILES string of the molecule is CCCC[N+](C)(C)C1CC(C)(C)N([O])C(C)(C)C1. The monoisotopic (exact) mass is 256 g/mol. The van der Waals surface area contributed by atoms with E-state index in [2.05, 4.69) is 48.7 Å². The Balaban J connectivity index is 2.86. The summed E-state index contributed by atoms with van der Waals surface area (Å²) in [5, 5.41) is 13.7.